The van der Waals surface area contributed by atoms with Gasteiger partial charge < -0.3 is 16.4 Å². The zero-order valence-electron chi connectivity index (χ0n) is 16.6. The molecule has 0 saturated carbocycles. The highest BCUT2D eigenvalue weighted by atomic mass is 16.1. The number of amides is 1. The van der Waals surface area contributed by atoms with Gasteiger partial charge in [-0.15, -0.1) is 0 Å². The third kappa shape index (κ3) is 3.04. The Bertz CT molecular complexity index is 1260. The molecule has 1 amide bonds. The molecule has 0 unspecified atom stereocenters. The molecule has 0 radical (unpaired) electrons. The Morgan fingerprint density at radius 1 is 1.17 bits per heavy atom. The molecule has 7 nitrogen and oxygen atoms in total. The summed E-state index contributed by atoms with van der Waals surface area (Å²) in [4.78, 5) is 21.7. The number of hydrogen-bond acceptors (Lipinski definition) is 5. The average molecular weight is 398 g/mol. The summed E-state index contributed by atoms with van der Waals surface area (Å²) in [6.45, 7) is 3.46. The summed E-state index contributed by atoms with van der Waals surface area (Å²) >= 11 is 0. The van der Waals surface area contributed by atoms with Crippen molar-refractivity contribution in [3.05, 3.63) is 77.1 Å². The molecule has 1 aliphatic heterocycles. The summed E-state index contributed by atoms with van der Waals surface area (Å²) in [6.07, 6.45) is 0.825. The molecule has 3 heterocycles. The Hall–Kier alpha value is -3.87. The fraction of sp³-hybridized carbons (Fsp3) is 0.174. The molecule has 30 heavy (non-hydrogen) atoms. The Morgan fingerprint density at radius 2 is 2.00 bits per heavy atom. The summed E-state index contributed by atoms with van der Waals surface area (Å²) in [7, 11) is 0. The van der Waals surface area contributed by atoms with E-state index >= 15 is 0 Å². The predicted molar refractivity (Wildman–Crippen MR) is 118 cm³/mol. The first-order chi connectivity index (χ1) is 14.6. The largest absolute Gasteiger partial charge is 0.380 e. The van der Waals surface area contributed by atoms with E-state index in [-0.39, 0.29) is 0 Å². The van der Waals surface area contributed by atoms with E-state index in [1.165, 1.54) is 5.56 Å². The highest BCUT2D eigenvalue weighted by Crippen LogP contribution is 2.32. The number of nitrogens with zero attached hydrogens (tertiary/aromatic N) is 3. The van der Waals surface area contributed by atoms with E-state index in [9.17, 15) is 4.79 Å². The standard InChI is InChI=1S/C23H22N6O/c1-14-12-16-8-5-9-17(21(24)30)20(16)29(14)23-27-18-10-11-25-19(18)22(28-23)26-13-15-6-3-2-4-7-15/h2-9,12,25H,10-11,13H2,1H3,(H2,24,30)(H,26,27,28). The maximum absolute atomic E-state index is 12.1. The van der Waals surface area contributed by atoms with Crippen LogP contribution in [0.15, 0.2) is 54.6 Å². The molecule has 0 atom stereocenters. The van der Waals surface area contributed by atoms with Gasteiger partial charge in [-0.2, -0.15) is 4.98 Å². The van der Waals surface area contributed by atoms with Gasteiger partial charge in [-0.05, 0) is 24.6 Å². The molecule has 0 saturated heterocycles. The van der Waals surface area contributed by atoms with Gasteiger partial charge in [0.15, 0.2) is 5.82 Å². The third-order valence-corrected chi connectivity index (χ3v) is 5.41. The normalized spacial score (nSPS) is 12.6. The Balaban J connectivity index is 1.64. The van der Waals surface area contributed by atoms with E-state index in [1.54, 1.807) is 6.07 Å². The number of anilines is 2. The Morgan fingerprint density at radius 3 is 2.80 bits per heavy atom. The van der Waals surface area contributed by atoms with Gasteiger partial charge in [-0.25, -0.2) is 4.98 Å². The van der Waals surface area contributed by atoms with E-state index in [0.717, 1.165) is 46.8 Å². The third-order valence-electron chi connectivity index (χ3n) is 5.41. The number of nitrogens with two attached hydrogens (primary N) is 1. The van der Waals surface area contributed by atoms with Gasteiger partial charge in [0.05, 0.1) is 22.5 Å². The predicted octanol–water partition coefficient (Wildman–Crippen LogP) is 3.41. The monoisotopic (exact) mass is 398 g/mol. The lowest BCUT2D eigenvalue weighted by Crippen LogP contribution is -2.14. The number of nitrogens with one attached hydrogen (secondary N) is 2. The quantitative estimate of drug-likeness (QED) is 0.479. The number of hydrogen-bond donors (Lipinski definition) is 3. The maximum Gasteiger partial charge on any atom is 0.250 e. The van der Waals surface area contributed by atoms with Crippen molar-refractivity contribution in [2.45, 2.75) is 19.9 Å². The lowest BCUT2D eigenvalue weighted by atomic mass is 10.1. The van der Waals surface area contributed by atoms with Crippen molar-refractivity contribution in [2.24, 2.45) is 5.73 Å². The van der Waals surface area contributed by atoms with Gasteiger partial charge in [0, 0.05) is 30.6 Å². The van der Waals surface area contributed by atoms with Crippen LogP contribution in [0.2, 0.25) is 0 Å². The first-order valence-electron chi connectivity index (χ1n) is 9.95. The number of aryl methyl sites for hydroxylation is 1. The average Bonchev–Trinajstić information content (AvgIpc) is 3.35. The fourth-order valence-corrected chi connectivity index (χ4v) is 4.03. The Labute approximate surface area is 174 Å². The molecule has 5 rings (SSSR count). The van der Waals surface area contributed by atoms with Crippen LogP contribution in [-0.2, 0) is 13.0 Å². The molecule has 4 aromatic rings. The van der Waals surface area contributed by atoms with Gasteiger partial charge in [0.25, 0.3) is 5.91 Å². The SMILES string of the molecule is Cc1cc2cccc(C(N)=O)c2n1-c1nc2c(c(NCc3ccccc3)n1)NCC2. The van der Waals surface area contributed by atoms with E-state index < -0.39 is 5.91 Å². The van der Waals surface area contributed by atoms with E-state index in [1.807, 2.05) is 47.9 Å². The molecule has 0 aliphatic carbocycles. The van der Waals surface area contributed by atoms with E-state index in [4.69, 9.17) is 15.7 Å². The molecule has 4 N–H and O–H groups in total. The minimum atomic E-state index is -0.467. The van der Waals surface area contributed by atoms with Gasteiger partial charge in [-0.3, -0.25) is 9.36 Å². The van der Waals surface area contributed by atoms with Crippen molar-refractivity contribution in [1.29, 1.82) is 0 Å². The fourth-order valence-electron chi connectivity index (χ4n) is 4.03. The van der Waals surface area contributed by atoms with Gasteiger partial charge in [-0.1, -0.05) is 42.5 Å². The number of rotatable bonds is 5. The first-order valence-corrected chi connectivity index (χ1v) is 9.95. The van der Waals surface area contributed by atoms with Crippen molar-refractivity contribution >= 4 is 28.3 Å². The lowest BCUT2D eigenvalue weighted by molar-refractivity contribution is 0.100. The second-order valence-corrected chi connectivity index (χ2v) is 7.44. The summed E-state index contributed by atoms with van der Waals surface area (Å²) in [6, 6.07) is 17.8. The zero-order valence-corrected chi connectivity index (χ0v) is 16.6. The van der Waals surface area contributed by atoms with Crippen LogP contribution < -0.4 is 16.4 Å². The van der Waals surface area contributed by atoms with Crippen LogP contribution in [0.1, 0.15) is 27.3 Å². The molecule has 1 aliphatic rings. The lowest BCUT2D eigenvalue weighted by Gasteiger charge is -2.15. The first kappa shape index (κ1) is 18.2. The van der Waals surface area contributed by atoms with Crippen LogP contribution in [0.3, 0.4) is 0 Å². The molecule has 0 spiro atoms. The van der Waals surface area contributed by atoms with Crippen LogP contribution in [0.25, 0.3) is 16.9 Å². The number of benzene rings is 2. The summed E-state index contributed by atoms with van der Waals surface area (Å²) in [5.41, 5.74) is 10.9. The molecule has 150 valence electrons. The highest BCUT2D eigenvalue weighted by molar-refractivity contribution is 6.06. The van der Waals surface area contributed by atoms with Crippen molar-refractivity contribution in [2.75, 3.05) is 17.2 Å². The zero-order chi connectivity index (χ0) is 20.7. The van der Waals surface area contributed by atoms with Crippen LogP contribution >= 0.6 is 0 Å². The number of fused-ring (bicyclic) bond motifs is 2. The van der Waals surface area contributed by atoms with Crippen molar-refractivity contribution < 1.29 is 4.79 Å². The number of para-hydroxylation sites is 1. The maximum atomic E-state index is 12.1. The van der Waals surface area contributed by atoms with Gasteiger partial charge >= 0.3 is 0 Å². The summed E-state index contributed by atoms with van der Waals surface area (Å²) < 4.78 is 1.92. The van der Waals surface area contributed by atoms with Crippen LogP contribution in [0, 0.1) is 6.92 Å². The minimum absolute atomic E-state index is 0.460. The molecule has 2 aromatic carbocycles. The van der Waals surface area contributed by atoms with Crippen LogP contribution in [0.4, 0.5) is 11.5 Å². The van der Waals surface area contributed by atoms with Gasteiger partial charge in [0.1, 0.15) is 0 Å². The molecule has 2 aromatic heterocycles. The van der Waals surface area contributed by atoms with E-state index in [2.05, 4.69) is 22.8 Å². The summed E-state index contributed by atoms with van der Waals surface area (Å²) in [5, 5.41) is 7.77. The number of primary amides is 1. The molecule has 7 heteroatoms. The number of carbonyl (C=O) groups is 1. The Kier molecular flexibility index (Phi) is 4.35. The van der Waals surface area contributed by atoms with Crippen molar-refractivity contribution in [3.63, 3.8) is 0 Å². The molecule has 0 bridgehead atoms. The molecule has 0 fully saturated rings. The summed E-state index contributed by atoms with van der Waals surface area (Å²) in [5.74, 6) is 0.827. The minimum Gasteiger partial charge on any atom is -0.380 e. The van der Waals surface area contributed by atoms with Crippen molar-refractivity contribution in [3.8, 4) is 5.95 Å². The van der Waals surface area contributed by atoms with Crippen LogP contribution in [0.5, 0.6) is 0 Å². The number of carbonyl (C=O) groups excluding carboxylic acids is 1. The van der Waals surface area contributed by atoms with E-state index in [0.29, 0.717) is 18.1 Å². The molecular weight excluding hydrogens is 376 g/mol. The molecular formula is C23H22N6O. The van der Waals surface area contributed by atoms with Gasteiger partial charge in [0.2, 0.25) is 5.95 Å². The number of aromatic nitrogens is 3. The second-order valence-electron chi connectivity index (χ2n) is 7.44. The van der Waals surface area contributed by atoms with Crippen LogP contribution in [-0.4, -0.2) is 27.0 Å². The van der Waals surface area contributed by atoms with Crippen molar-refractivity contribution in [1.82, 2.24) is 14.5 Å². The highest BCUT2D eigenvalue weighted by Gasteiger charge is 2.22. The second kappa shape index (κ2) is 7.18. The smallest absolute Gasteiger partial charge is 0.250 e. The topological polar surface area (TPSA) is 97.9 Å².